The van der Waals surface area contributed by atoms with E-state index in [1.54, 1.807) is 77.9 Å². The monoisotopic (exact) mass is 737 g/mol. The lowest BCUT2D eigenvalue weighted by molar-refractivity contribution is -0.212. The lowest BCUT2D eigenvalue weighted by Crippen LogP contribution is -2.73. The van der Waals surface area contributed by atoms with Crippen LogP contribution in [0.1, 0.15) is 89.7 Å². The number of benzene rings is 2. The predicted octanol–water partition coefficient (Wildman–Crippen LogP) is 6.03. The van der Waals surface area contributed by atoms with Gasteiger partial charge in [-0.3, -0.25) is 19.2 Å². The summed E-state index contributed by atoms with van der Waals surface area (Å²) in [6, 6.07) is 13.9. The van der Waals surface area contributed by atoms with Crippen LogP contribution < -0.4 is 16.0 Å². The van der Waals surface area contributed by atoms with Gasteiger partial charge in [-0.05, 0) is 104 Å². The molecule has 1 aliphatic carbocycles. The van der Waals surface area contributed by atoms with Crippen molar-refractivity contribution in [2.45, 2.75) is 92.3 Å². The van der Waals surface area contributed by atoms with Crippen LogP contribution in [0.3, 0.4) is 0 Å². The SMILES string of the molecule is COC(=O)C1(C)C(C(=O)Nc2ccc(CCCNC(=O)OC(C)(C)C)cc2)C(C)(C(=O)OC)C1C(=O)c1ccc(CCCNC(=O)OC(C)(C)C)cc1. The molecule has 13 heteroatoms. The van der Waals surface area contributed by atoms with Gasteiger partial charge in [0.2, 0.25) is 5.91 Å². The van der Waals surface area contributed by atoms with Crippen LogP contribution in [0.25, 0.3) is 0 Å². The molecule has 290 valence electrons. The minimum atomic E-state index is -1.70. The van der Waals surface area contributed by atoms with Gasteiger partial charge in [0, 0.05) is 24.3 Å². The highest BCUT2D eigenvalue weighted by atomic mass is 16.6. The molecule has 2 aromatic carbocycles. The molecule has 1 saturated carbocycles. The molecule has 0 saturated heterocycles. The number of hydrogen-bond donors (Lipinski definition) is 3. The van der Waals surface area contributed by atoms with Crippen LogP contribution in [0, 0.1) is 22.7 Å². The molecule has 3 N–H and O–H groups in total. The standard InChI is InChI=1S/C40H55N3O10/c1-37(2,3)52-35(48)41-23-11-13-25-15-19-27(20-16-25)29(44)30-39(7,33(46)50-9)31(40(30,8)34(47)51-10)32(45)43-28-21-17-26(18-22-28)14-12-24-42-36(49)53-38(4,5)6/h15-22,30-31H,11-14,23-24H2,1-10H3,(H,41,48)(H,42,49)(H,43,45). The Morgan fingerprint density at radius 2 is 1.02 bits per heavy atom. The van der Waals surface area contributed by atoms with E-state index in [1.165, 1.54) is 28.1 Å². The van der Waals surface area contributed by atoms with Crippen LogP contribution in [0.15, 0.2) is 48.5 Å². The van der Waals surface area contributed by atoms with E-state index in [9.17, 15) is 28.8 Å². The van der Waals surface area contributed by atoms with E-state index in [4.69, 9.17) is 18.9 Å². The van der Waals surface area contributed by atoms with Crippen LogP contribution in [-0.2, 0) is 46.2 Å². The van der Waals surface area contributed by atoms with Crippen molar-refractivity contribution in [2.24, 2.45) is 22.7 Å². The third-order valence-electron chi connectivity index (χ3n) is 9.25. The number of nitrogens with one attached hydrogen (secondary N) is 3. The molecule has 0 aliphatic heterocycles. The number of rotatable bonds is 14. The Hall–Kier alpha value is -4.94. The Morgan fingerprint density at radius 1 is 0.623 bits per heavy atom. The maximum atomic E-state index is 14.2. The molecule has 0 aromatic heterocycles. The largest absolute Gasteiger partial charge is 0.469 e. The fraction of sp³-hybridized carbons (Fsp3) is 0.550. The third kappa shape index (κ3) is 10.6. The summed E-state index contributed by atoms with van der Waals surface area (Å²) in [5.41, 5.74) is -2.02. The Labute approximate surface area is 312 Å². The molecular weight excluding hydrogens is 682 g/mol. The Kier molecular flexibility index (Phi) is 13.8. The van der Waals surface area contributed by atoms with Gasteiger partial charge < -0.3 is 34.9 Å². The number of ketones is 1. The van der Waals surface area contributed by atoms with Gasteiger partial charge in [0.05, 0.1) is 36.9 Å². The van der Waals surface area contributed by atoms with Crippen molar-refractivity contribution < 1.29 is 47.7 Å². The summed E-state index contributed by atoms with van der Waals surface area (Å²) in [5, 5.41) is 8.26. The second-order valence-electron chi connectivity index (χ2n) is 15.7. The second kappa shape index (κ2) is 17.3. The lowest BCUT2D eigenvalue weighted by Gasteiger charge is -2.60. The van der Waals surface area contributed by atoms with Crippen LogP contribution in [-0.4, -0.2) is 74.3 Å². The molecule has 1 aliphatic rings. The lowest BCUT2D eigenvalue weighted by atomic mass is 9.38. The minimum Gasteiger partial charge on any atom is -0.469 e. The van der Waals surface area contributed by atoms with E-state index >= 15 is 0 Å². The second-order valence-corrected chi connectivity index (χ2v) is 15.7. The quantitative estimate of drug-likeness (QED) is 0.0899. The summed E-state index contributed by atoms with van der Waals surface area (Å²) in [6.07, 6.45) is 1.58. The molecule has 2 unspecified atom stereocenters. The van der Waals surface area contributed by atoms with E-state index < -0.39 is 69.7 Å². The number of methoxy groups -OCH3 is 2. The molecule has 0 heterocycles. The molecular formula is C40H55N3O10. The highest BCUT2D eigenvalue weighted by molar-refractivity contribution is 6.11. The summed E-state index contributed by atoms with van der Waals surface area (Å²) in [5.74, 6) is -5.33. The molecule has 2 aromatic rings. The summed E-state index contributed by atoms with van der Waals surface area (Å²) in [4.78, 5) is 78.9. The van der Waals surface area contributed by atoms with Crippen LogP contribution in [0.2, 0.25) is 0 Å². The van der Waals surface area contributed by atoms with Gasteiger partial charge in [0.25, 0.3) is 0 Å². The van der Waals surface area contributed by atoms with Gasteiger partial charge in [-0.1, -0.05) is 36.4 Å². The van der Waals surface area contributed by atoms with Crippen molar-refractivity contribution in [2.75, 3.05) is 32.6 Å². The van der Waals surface area contributed by atoms with Crippen LogP contribution in [0.4, 0.5) is 15.3 Å². The number of aryl methyl sites for hydroxylation is 2. The van der Waals surface area contributed by atoms with Crippen molar-refractivity contribution in [1.29, 1.82) is 0 Å². The summed E-state index contributed by atoms with van der Waals surface area (Å²) < 4.78 is 20.8. The van der Waals surface area contributed by atoms with E-state index in [2.05, 4.69) is 16.0 Å². The normalized spacial score (nSPS) is 20.9. The number of carbonyl (C=O) groups excluding carboxylic acids is 6. The van der Waals surface area contributed by atoms with Crippen molar-refractivity contribution in [3.05, 3.63) is 65.2 Å². The zero-order valence-electron chi connectivity index (χ0n) is 32.6. The topological polar surface area (TPSA) is 175 Å². The summed E-state index contributed by atoms with van der Waals surface area (Å²) in [7, 11) is 2.35. The molecule has 53 heavy (non-hydrogen) atoms. The molecule has 0 spiro atoms. The van der Waals surface area contributed by atoms with Gasteiger partial charge in [-0.15, -0.1) is 0 Å². The first-order chi connectivity index (χ1) is 24.7. The van der Waals surface area contributed by atoms with Gasteiger partial charge in [-0.2, -0.15) is 0 Å². The summed E-state index contributed by atoms with van der Waals surface area (Å²) >= 11 is 0. The van der Waals surface area contributed by atoms with Gasteiger partial charge in [0.1, 0.15) is 11.2 Å². The van der Waals surface area contributed by atoms with Crippen LogP contribution in [0.5, 0.6) is 0 Å². The maximum absolute atomic E-state index is 14.2. The molecule has 0 bridgehead atoms. The zero-order valence-corrected chi connectivity index (χ0v) is 32.6. The first kappa shape index (κ1) is 42.5. The Balaban J connectivity index is 1.72. The number of ether oxygens (including phenoxy) is 4. The predicted molar refractivity (Wildman–Crippen MR) is 198 cm³/mol. The number of Topliss-reactive ketones (excluding diaryl/α,β-unsaturated/α-hetero) is 1. The highest BCUT2D eigenvalue weighted by Crippen LogP contribution is 2.66. The fourth-order valence-corrected chi connectivity index (χ4v) is 7.05. The number of alkyl carbamates (subject to hydrolysis) is 2. The number of hydrogen-bond acceptors (Lipinski definition) is 10. The van der Waals surface area contributed by atoms with E-state index in [1.807, 2.05) is 12.1 Å². The van der Waals surface area contributed by atoms with E-state index in [0.717, 1.165) is 11.1 Å². The van der Waals surface area contributed by atoms with Crippen molar-refractivity contribution in [3.63, 3.8) is 0 Å². The van der Waals surface area contributed by atoms with Gasteiger partial charge in [-0.25, -0.2) is 9.59 Å². The Bertz CT molecular complexity index is 1610. The van der Waals surface area contributed by atoms with Crippen molar-refractivity contribution in [1.82, 2.24) is 10.6 Å². The van der Waals surface area contributed by atoms with Gasteiger partial charge >= 0.3 is 24.1 Å². The molecule has 13 nitrogen and oxygen atoms in total. The molecule has 3 rings (SSSR count). The van der Waals surface area contributed by atoms with E-state index in [-0.39, 0.29) is 5.56 Å². The molecule has 3 amide bonds. The highest BCUT2D eigenvalue weighted by Gasteiger charge is 2.78. The fourth-order valence-electron chi connectivity index (χ4n) is 7.05. The smallest absolute Gasteiger partial charge is 0.407 e. The summed E-state index contributed by atoms with van der Waals surface area (Å²) in [6.45, 7) is 14.5. The number of esters is 2. The molecule has 1 fully saturated rings. The average molecular weight is 738 g/mol. The third-order valence-corrected chi connectivity index (χ3v) is 9.25. The number of amides is 3. The molecule has 0 radical (unpaired) electrons. The van der Waals surface area contributed by atoms with E-state index in [0.29, 0.717) is 44.5 Å². The van der Waals surface area contributed by atoms with Crippen LogP contribution >= 0.6 is 0 Å². The zero-order chi connectivity index (χ0) is 39.8. The molecule has 2 atom stereocenters. The van der Waals surface area contributed by atoms with Gasteiger partial charge in [0.15, 0.2) is 5.78 Å². The number of anilines is 1. The first-order valence-corrected chi connectivity index (χ1v) is 17.8. The van der Waals surface area contributed by atoms with Crippen molar-refractivity contribution >= 4 is 41.5 Å². The Morgan fingerprint density at radius 3 is 1.40 bits per heavy atom. The minimum absolute atomic E-state index is 0.256. The first-order valence-electron chi connectivity index (χ1n) is 17.8. The average Bonchev–Trinajstić information content (AvgIpc) is 3.06. The van der Waals surface area contributed by atoms with Crippen molar-refractivity contribution in [3.8, 4) is 0 Å². The number of carbonyl (C=O) groups is 6. The maximum Gasteiger partial charge on any atom is 0.407 e.